The molecule has 0 amide bonds. The minimum atomic E-state index is -0.527. The molecule has 1 aliphatic rings. The van der Waals surface area contributed by atoms with Gasteiger partial charge in [0.05, 0.1) is 18.7 Å². The molecule has 21 heavy (non-hydrogen) atoms. The van der Waals surface area contributed by atoms with Gasteiger partial charge in [0.15, 0.2) is 10.9 Å². The third kappa shape index (κ3) is 3.31. The number of rotatable bonds is 4. The summed E-state index contributed by atoms with van der Waals surface area (Å²) in [6.07, 6.45) is -0.527. The third-order valence-electron chi connectivity index (χ3n) is 3.56. The van der Waals surface area contributed by atoms with Gasteiger partial charge in [0, 0.05) is 11.3 Å². The number of aliphatic hydroxyl groups excluding tert-OH is 1. The van der Waals surface area contributed by atoms with E-state index in [4.69, 9.17) is 12.2 Å². The van der Waals surface area contributed by atoms with Crippen molar-refractivity contribution in [3.05, 3.63) is 47.2 Å². The molecule has 0 saturated heterocycles. The summed E-state index contributed by atoms with van der Waals surface area (Å²) in [5, 5.41) is 13.4. The van der Waals surface area contributed by atoms with E-state index in [1.807, 2.05) is 37.3 Å². The van der Waals surface area contributed by atoms with Crippen LogP contribution in [0.15, 0.2) is 41.6 Å². The first kappa shape index (κ1) is 15.7. The van der Waals surface area contributed by atoms with Crippen molar-refractivity contribution >= 4 is 23.1 Å². The fourth-order valence-corrected chi connectivity index (χ4v) is 2.95. The average molecular weight is 304 g/mol. The van der Waals surface area contributed by atoms with Crippen LogP contribution < -0.4 is 5.32 Å². The van der Waals surface area contributed by atoms with Crippen molar-refractivity contribution in [3.8, 4) is 0 Å². The third-order valence-corrected chi connectivity index (χ3v) is 3.89. The molecule has 1 aromatic rings. The quantitative estimate of drug-likeness (QED) is 0.835. The van der Waals surface area contributed by atoms with Gasteiger partial charge in [0.2, 0.25) is 0 Å². The van der Waals surface area contributed by atoms with Gasteiger partial charge >= 0.3 is 0 Å². The van der Waals surface area contributed by atoms with E-state index in [0.717, 1.165) is 11.3 Å². The van der Waals surface area contributed by atoms with Crippen LogP contribution in [0, 0.1) is 0 Å². The molecule has 0 saturated carbocycles. The monoisotopic (exact) mass is 304 g/mol. The summed E-state index contributed by atoms with van der Waals surface area (Å²) in [4.78, 5) is 13.9. The van der Waals surface area contributed by atoms with Gasteiger partial charge in [-0.2, -0.15) is 0 Å². The predicted octanol–water partition coefficient (Wildman–Crippen LogP) is 2.16. The van der Waals surface area contributed by atoms with Gasteiger partial charge in [-0.1, -0.05) is 30.3 Å². The van der Waals surface area contributed by atoms with Crippen molar-refractivity contribution in [2.45, 2.75) is 32.9 Å². The summed E-state index contributed by atoms with van der Waals surface area (Å²) in [5.74, 6) is 0.00643. The van der Waals surface area contributed by atoms with Crippen molar-refractivity contribution in [2.75, 3.05) is 6.54 Å². The normalized spacial score (nSPS) is 20.3. The van der Waals surface area contributed by atoms with Gasteiger partial charge in [-0.15, -0.1) is 0 Å². The molecule has 0 aromatic heterocycles. The minimum absolute atomic E-state index is 0.00643. The van der Waals surface area contributed by atoms with Gasteiger partial charge in [-0.05, 0) is 38.6 Å². The molecular formula is C16H20N2O2S. The zero-order valence-corrected chi connectivity index (χ0v) is 13.3. The molecule has 0 aliphatic carbocycles. The van der Waals surface area contributed by atoms with Crippen LogP contribution in [0.3, 0.4) is 0 Å². The smallest absolute Gasteiger partial charge is 0.174 e. The number of nitrogens with zero attached hydrogens (tertiary/aromatic N) is 1. The second kappa shape index (κ2) is 6.37. The number of thiocarbonyl (C=S) groups is 1. The number of aliphatic hydroxyl groups is 1. The van der Waals surface area contributed by atoms with Crippen molar-refractivity contribution in [1.29, 1.82) is 0 Å². The number of allylic oxidation sites excluding steroid dienone is 1. The molecule has 1 heterocycles. The van der Waals surface area contributed by atoms with Crippen LogP contribution in [0.4, 0.5) is 0 Å². The Morgan fingerprint density at radius 1 is 1.43 bits per heavy atom. The van der Waals surface area contributed by atoms with E-state index in [1.165, 1.54) is 0 Å². The maximum atomic E-state index is 12.1. The van der Waals surface area contributed by atoms with E-state index in [0.29, 0.717) is 17.2 Å². The molecule has 2 unspecified atom stereocenters. The van der Waals surface area contributed by atoms with Crippen molar-refractivity contribution in [1.82, 2.24) is 10.2 Å². The molecule has 2 rings (SSSR count). The Kier molecular flexibility index (Phi) is 4.75. The molecule has 2 N–H and O–H groups in total. The molecule has 0 bridgehead atoms. The average Bonchev–Trinajstić information content (AvgIpc) is 2.43. The molecule has 1 aliphatic heterocycles. The molecule has 5 heteroatoms. The summed E-state index contributed by atoms with van der Waals surface area (Å²) in [5.41, 5.74) is 2.50. The van der Waals surface area contributed by atoms with Gasteiger partial charge in [0.25, 0.3) is 0 Å². The highest BCUT2D eigenvalue weighted by atomic mass is 32.1. The largest absolute Gasteiger partial charge is 0.392 e. The molecular weight excluding hydrogens is 284 g/mol. The van der Waals surface area contributed by atoms with Gasteiger partial charge < -0.3 is 15.3 Å². The van der Waals surface area contributed by atoms with Crippen LogP contribution in [0.2, 0.25) is 0 Å². The summed E-state index contributed by atoms with van der Waals surface area (Å²) < 4.78 is 0. The molecule has 2 atom stereocenters. The summed E-state index contributed by atoms with van der Waals surface area (Å²) >= 11 is 5.40. The van der Waals surface area contributed by atoms with E-state index in [9.17, 15) is 9.90 Å². The first-order valence-electron chi connectivity index (χ1n) is 6.94. The van der Waals surface area contributed by atoms with Crippen molar-refractivity contribution in [2.24, 2.45) is 0 Å². The first-order valence-corrected chi connectivity index (χ1v) is 7.35. The second-order valence-electron chi connectivity index (χ2n) is 5.31. The number of carbonyl (C=O) groups is 1. The van der Waals surface area contributed by atoms with Crippen LogP contribution in [-0.2, 0) is 4.79 Å². The Hall–Kier alpha value is -1.72. The van der Waals surface area contributed by atoms with Gasteiger partial charge in [-0.3, -0.25) is 4.79 Å². The lowest BCUT2D eigenvalue weighted by atomic mass is 9.92. The number of carbonyl (C=O) groups excluding carboxylic acids is 1. The SMILES string of the molecule is CC(=O)C1=C(C)N(CC(C)O)C(=S)NC1c1ccccc1. The Bertz CT molecular complexity index is 581. The molecule has 4 nitrogen and oxygen atoms in total. The number of nitrogens with one attached hydrogen (secondary N) is 1. The van der Waals surface area contributed by atoms with Crippen molar-refractivity contribution in [3.63, 3.8) is 0 Å². The summed E-state index contributed by atoms with van der Waals surface area (Å²) in [7, 11) is 0. The Morgan fingerprint density at radius 3 is 2.57 bits per heavy atom. The number of Topliss-reactive ketones (excluding diaryl/α,β-unsaturated/α-hetero) is 1. The van der Waals surface area contributed by atoms with E-state index in [1.54, 1.807) is 18.7 Å². The Morgan fingerprint density at radius 2 is 2.05 bits per heavy atom. The fraction of sp³-hybridized carbons (Fsp3) is 0.375. The second-order valence-corrected chi connectivity index (χ2v) is 5.69. The number of hydrogen-bond donors (Lipinski definition) is 2. The predicted molar refractivity (Wildman–Crippen MR) is 86.7 cm³/mol. The summed E-state index contributed by atoms with van der Waals surface area (Å²) in [6, 6.07) is 9.53. The van der Waals surface area contributed by atoms with Crippen molar-refractivity contribution < 1.29 is 9.90 Å². The lowest BCUT2D eigenvalue weighted by Gasteiger charge is -2.38. The lowest BCUT2D eigenvalue weighted by molar-refractivity contribution is -0.114. The highest BCUT2D eigenvalue weighted by Crippen LogP contribution is 2.30. The topological polar surface area (TPSA) is 52.6 Å². The van der Waals surface area contributed by atoms with E-state index >= 15 is 0 Å². The number of β-amino-alcohol motifs (C(OH)–C–C–N with tert-alkyl or cyclic N) is 1. The zero-order chi connectivity index (χ0) is 15.6. The van der Waals surface area contributed by atoms with E-state index < -0.39 is 6.10 Å². The molecule has 112 valence electrons. The van der Waals surface area contributed by atoms with Crippen LogP contribution in [0.5, 0.6) is 0 Å². The highest BCUT2D eigenvalue weighted by molar-refractivity contribution is 7.80. The van der Waals surface area contributed by atoms with Crippen LogP contribution in [0.25, 0.3) is 0 Å². The minimum Gasteiger partial charge on any atom is -0.392 e. The number of ketones is 1. The molecule has 1 aromatic carbocycles. The standard InChI is InChI=1S/C16H20N2O2S/c1-10(19)9-18-11(2)14(12(3)20)15(17-16(18)21)13-7-5-4-6-8-13/h4-8,10,15,19H,9H2,1-3H3,(H,17,21). The van der Waals surface area contributed by atoms with E-state index in [2.05, 4.69) is 5.32 Å². The molecule has 0 radical (unpaired) electrons. The van der Waals surface area contributed by atoms with Crippen LogP contribution in [0.1, 0.15) is 32.4 Å². The zero-order valence-electron chi connectivity index (χ0n) is 12.5. The Balaban J connectivity index is 2.47. The first-order chi connectivity index (χ1) is 9.91. The highest BCUT2D eigenvalue weighted by Gasteiger charge is 2.32. The van der Waals surface area contributed by atoms with Gasteiger partial charge in [-0.25, -0.2) is 0 Å². The van der Waals surface area contributed by atoms with Gasteiger partial charge in [0.1, 0.15) is 0 Å². The Labute approximate surface area is 130 Å². The number of hydrogen-bond acceptors (Lipinski definition) is 3. The number of benzene rings is 1. The maximum Gasteiger partial charge on any atom is 0.174 e. The fourth-order valence-electron chi connectivity index (χ4n) is 2.62. The lowest BCUT2D eigenvalue weighted by Crippen LogP contribution is -2.49. The molecule has 0 fully saturated rings. The summed E-state index contributed by atoms with van der Waals surface area (Å²) in [6.45, 7) is 5.51. The molecule has 0 spiro atoms. The van der Waals surface area contributed by atoms with Crippen LogP contribution >= 0.6 is 12.2 Å². The van der Waals surface area contributed by atoms with Crippen LogP contribution in [-0.4, -0.2) is 33.6 Å². The van der Waals surface area contributed by atoms with E-state index in [-0.39, 0.29) is 11.8 Å². The maximum absolute atomic E-state index is 12.1.